The molecule has 0 radical (unpaired) electrons. The molecule has 0 unspecified atom stereocenters. The molecule has 0 fully saturated rings. The Labute approximate surface area is 198 Å². The third kappa shape index (κ3) is 3.78. The normalized spacial score (nSPS) is 11.3. The molecule has 5 aromatic carbocycles. The molecule has 0 saturated heterocycles. The summed E-state index contributed by atoms with van der Waals surface area (Å²) in [6.07, 6.45) is 1.83. The van der Waals surface area contributed by atoms with Crippen LogP contribution in [0.2, 0.25) is 0 Å². The SMILES string of the molecule is Fc1ccc(CCc2cccc(-c3ccc(-n4c5ccccc5c5ccccc54)cc3)c2)cc1. The second kappa shape index (κ2) is 8.64. The average molecular weight is 442 g/mol. The molecule has 2 heteroatoms. The fraction of sp³-hybridized carbons (Fsp3) is 0.0625. The minimum Gasteiger partial charge on any atom is -0.309 e. The van der Waals surface area contributed by atoms with Crippen molar-refractivity contribution < 1.29 is 4.39 Å². The molecule has 0 saturated carbocycles. The second-order valence-corrected chi connectivity index (χ2v) is 8.74. The maximum absolute atomic E-state index is 13.2. The van der Waals surface area contributed by atoms with E-state index in [0.717, 1.165) is 24.1 Å². The summed E-state index contributed by atoms with van der Waals surface area (Å²) in [6.45, 7) is 0. The highest BCUT2D eigenvalue weighted by Gasteiger charge is 2.11. The van der Waals surface area contributed by atoms with Crippen LogP contribution in [0, 0.1) is 5.82 Å². The van der Waals surface area contributed by atoms with Gasteiger partial charge in [-0.2, -0.15) is 0 Å². The molecule has 0 atom stereocenters. The number of fused-ring (bicyclic) bond motifs is 3. The van der Waals surface area contributed by atoms with Crippen LogP contribution in [0.1, 0.15) is 11.1 Å². The van der Waals surface area contributed by atoms with Gasteiger partial charge < -0.3 is 4.57 Å². The molecule has 0 aliphatic heterocycles. The van der Waals surface area contributed by atoms with Gasteiger partial charge in [0.25, 0.3) is 0 Å². The average Bonchev–Trinajstić information content (AvgIpc) is 3.23. The molecule has 1 nitrogen and oxygen atoms in total. The maximum atomic E-state index is 13.2. The van der Waals surface area contributed by atoms with E-state index in [0.29, 0.717) is 0 Å². The first-order valence-corrected chi connectivity index (χ1v) is 11.7. The third-order valence-corrected chi connectivity index (χ3v) is 6.58. The Morgan fingerprint density at radius 1 is 0.500 bits per heavy atom. The van der Waals surface area contributed by atoms with E-state index in [-0.39, 0.29) is 5.82 Å². The summed E-state index contributed by atoms with van der Waals surface area (Å²) >= 11 is 0. The lowest BCUT2D eigenvalue weighted by molar-refractivity contribution is 0.627. The van der Waals surface area contributed by atoms with Crippen LogP contribution in [0.4, 0.5) is 4.39 Å². The molecule has 0 N–H and O–H groups in total. The van der Waals surface area contributed by atoms with Crippen molar-refractivity contribution in [2.45, 2.75) is 12.8 Å². The molecule has 0 spiro atoms. The second-order valence-electron chi connectivity index (χ2n) is 8.74. The van der Waals surface area contributed by atoms with Crippen LogP contribution in [0.3, 0.4) is 0 Å². The van der Waals surface area contributed by atoms with Gasteiger partial charge in [0.1, 0.15) is 5.82 Å². The molecule has 1 aromatic heterocycles. The highest BCUT2D eigenvalue weighted by Crippen LogP contribution is 2.32. The van der Waals surface area contributed by atoms with Gasteiger partial charge in [0.2, 0.25) is 0 Å². The van der Waals surface area contributed by atoms with E-state index in [4.69, 9.17) is 0 Å². The first-order chi connectivity index (χ1) is 16.8. The van der Waals surface area contributed by atoms with Crippen molar-refractivity contribution in [3.05, 3.63) is 138 Å². The van der Waals surface area contributed by atoms with Crippen molar-refractivity contribution in [1.82, 2.24) is 4.57 Å². The molecule has 6 aromatic rings. The Bertz CT molecular complexity index is 1540. The number of para-hydroxylation sites is 2. The molecule has 164 valence electrons. The van der Waals surface area contributed by atoms with Crippen LogP contribution in [-0.2, 0) is 12.8 Å². The first kappa shape index (κ1) is 20.4. The van der Waals surface area contributed by atoms with E-state index in [1.165, 1.54) is 50.6 Å². The largest absolute Gasteiger partial charge is 0.309 e. The number of aromatic nitrogens is 1. The van der Waals surface area contributed by atoms with Gasteiger partial charge >= 0.3 is 0 Å². The minimum absolute atomic E-state index is 0.185. The standard InChI is InChI=1S/C32H24FN/c33-27-18-14-23(15-19-27)12-13-24-6-5-7-26(22-24)25-16-20-28(21-17-25)34-31-10-3-1-8-29(31)30-9-2-4-11-32(30)34/h1-11,14-22H,12-13H2. The zero-order chi connectivity index (χ0) is 22.9. The summed E-state index contributed by atoms with van der Waals surface area (Å²) in [7, 11) is 0. The number of benzene rings is 5. The highest BCUT2D eigenvalue weighted by atomic mass is 19.1. The lowest BCUT2D eigenvalue weighted by Crippen LogP contribution is -1.94. The Morgan fingerprint density at radius 2 is 1.12 bits per heavy atom. The maximum Gasteiger partial charge on any atom is 0.123 e. The zero-order valence-corrected chi connectivity index (χ0v) is 18.8. The molecular formula is C32H24FN. The van der Waals surface area contributed by atoms with Crippen LogP contribution >= 0.6 is 0 Å². The lowest BCUT2D eigenvalue weighted by atomic mass is 9.99. The molecule has 1 heterocycles. The molecule has 0 amide bonds. The topological polar surface area (TPSA) is 4.93 Å². The van der Waals surface area contributed by atoms with Crippen molar-refractivity contribution in [2.75, 3.05) is 0 Å². The molecule has 0 aliphatic carbocycles. The Balaban J connectivity index is 1.30. The van der Waals surface area contributed by atoms with E-state index in [2.05, 4.69) is 102 Å². The third-order valence-electron chi connectivity index (χ3n) is 6.58. The van der Waals surface area contributed by atoms with Crippen LogP contribution in [0.5, 0.6) is 0 Å². The fourth-order valence-corrected chi connectivity index (χ4v) is 4.85. The smallest absolute Gasteiger partial charge is 0.123 e. The molecule has 6 rings (SSSR count). The predicted octanol–water partition coefficient (Wildman–Crippen LogP) is 8.38. The van der Waals surface area contributed by atoms with Gasteiger partial charge in [-0.25, -0.2) is 4.39 Å². The van der Waals surface area contributed by atoms with E-state index in [9.17, 15) is 4.39 Å². The zero-order valence-electron chi connectivity index (χ0n) is 18.8. The molecule has 34 heavy (non-hydrogen) atoms. The van der Waals surface area contributed by atoms with E-state index >= 15 is 0 Å². The van der Waals surface area contributed by atoms with Crippen LogP contribution in [0.25, 0.3) is 38.6 Å². The molecule has 0 aliphatic rings. The van der Waals surface area contributed by atoms with Gasteiger partial charge in [0, 0.05) is 16.5 Å². The number of halogens is 1. The summed E-state index contributed by atoms with van der Waals surface area (Å²) in [6, 6.07) is 41.5. The van der Waals surface area contributed by atoms with Gasteiger partial charge in [-0.05, 0) is 71.5 Å². The van der Waals surface area contributed by atoms with Crippen molar-refractivity contribution in [3.63, 3.8) is 0 Å². The number of aryl methyl sites for hydroxylation is 2. The van der Waals surface area contributed by atoms with Crippen molar-refractivity contribution in [2.24, 2.45) is 0 Å². The predicted molar refractivity (Wildman–Crippen MR) is 140 cm³/mol. The summed E-state index contributed by atoms with van der Waals surface area (Å²) in [5.41, 5.74) is 8.46. The summed E-state index contributed by atoms with van der Waals surface area (Å²) in [4.78, 5) is 0. The van der Waals surface area contributed by atoms with Crippen LogP contribution in [0.15, 0.2) is 121 Å². The fourth-order valence-electron chi connectivity index (χ4n) is 4.85. The van der Waals surface area contributed by atoms with Crippen LogP contribution in [-0.4, -0.2) is 4.57 Å². The summed E-state index contributed by atoms with van der Waals surface area (Å²) in [5.74, 6) is -0.185. The number of rotatable bonds is 5. The lowest BCUT2D eigenvalue weighted by Gasteiger charge is -2.10. The Kier molecular flexibility index (Phi) is 5.20. The van der Waals surface area contributed by atoms with Crippen molar-refractivity contribution in [1.29, 1.82) is 0 Å². The van der Waals surface area contributed by atoms with Crippen molar-refractivity contribution in [3.8, 4) is 16.8 Å². The van der Waals surface area contributed by atoms with E-state index in [1.54, 1.807) is 0 Å². The van der Waals surface area contributed by atoms with Crippen LogP contribution < -0.4 is 0 Å². The Morgan fingerprint density at radius 3 is 1.79 bits per heavy atom. The summed E-state index contributed by atoms with van der Waals surface area (Å²) in [5, 5.41) is 2.55. The van der Waals surface area contributed by atoms with Crippen molar-refractivity contribution >= 4 is 21.8 Å². The highest BCUT2D eigenvalue weighted by molar-refractivity contribution is 6.09. The molecular weight excluding hydrogens is 417 g/mol. The Hall–Kier alpha value is -4.17. The monoisotopic (exact) mass is 441 g/mol. The van der Waals surface area contributed by atoms with Gasteiger partial charge in [-0.15, -0.1) is 0 Å². The first-order valence-electron chi connectivity index (χ1n) is 11.7. The number of hydrogen-bond acceptors (Lipinski definition) is 0. The van der Waals surface area contributed by atoms with Gasteiger partial charge in [-0.3, -0.25) is 0 Å². The molecule has 0 bridgehead atoms. The van der Waals surface area contributed by atoms with Gasteiger partial charge in [0.15, 0.2) is 0 Å². The number of nitrogens with zero attached hydrogens (tertiary/aromatic N) is 1. The van der Waals surface area contributed by atoms with Gasteiger partial charge in [0.05, 0.1) is 11.0 Å². The van der Waals surface area contributed by atoms with E-state index in [1.807, 2.05) is 12.1 Å². The summed E-state index contributed by atoms with van der Waals surface area (Å²) < 4.78 is 15.5. The van der Waals surface area contributed by atoms with Gasteiger partial charge in [-0.1, -0.05) is 84.9 Å². The number of hydrogen-bond donors (Lipinski definition) is 0. The quantitative estimate of drug-likeness (QED) is 0.253. The van der Waals surface area contributed by atoms with E-state index < -0.39 is 0 Å². The minimum atomic E-state index is -0.185.